The number of hydrogen-bond acceptors (Lipinski definition) is 4. The Morgan fingerprint density at radius 1 is 1.50 bits per heavy atom. The standard InChI is InChI=1S/C12H16BrN3O3S/c1-20(18,19)15-9-4-3-7-16(8-9)12(17)10-5-2-6-11(13)14-10/h2,5-6,9,15H,3-4,7-8H2,1H3. The zero-order chi connectivity index (χ0) is 14.8. The Bertz CT molecular complexity index is 606. The van der Waals surface area contributed by atoms with Crippen LogP contribution in [0.1, 0.15) is 23.3 Å². The molecule has 2 rings (SSSR count). The maximum absolute atomic E-state index is 12.3. The molecule has 1 aromatic rings. The number of rotatable bonds is 3. The molecule has 6 nitrogen and oxygen atoms in total. The van der Waals surface area contributed by atoms with Crippen molar-refractivity contribution in [3.8, 4) is 0 Å². The molecule has 1 amide bonds. The fourth-order valence-corrected chi connectivity index (χ4v) is 3.39. The minimum Gasteiger partial charge on any atom is -0.336 e. The molecular weight excluding hydrogens is 346 g/mol. The quantitative estimate of drug-likeness (QED) is 0.814. The van der Waals surface area contributed by atoms with E-state index in [-0.39, 0.29) is 11.9 Å². The fraction of sp³-hybridized carbons (Fsp3) is 0.500. The summed E-state index contributed by atoms with van der Waals surface area (Å²) in [5.41, 5.74) is 0.361. The summed E-state index contributed by atoms with van der Waals surface area (Å²) < 4.78 is 25.7. The van der Waals surface area contributed by atoms with Crippen LogP contribution in [0.2, 0.25) is 0 Å². The lowest BCUT2D eigenvalue weighted by Gasteiger charge is -2.32. The van der Waals surface area contributed by atoms with Crippen molar-refractivity contribution >= 4 is 31.9 Å². The summed E-state index contributed by atoms with van der Waals surface area (Å²) in [4.78, 5) is 18.1. The molecule has 8 heteroatoms. The zero-order valence-corrected chi connectivity index (χ0v) is 13.4. The van der Waals surface area contributed by atoms with Crippen LogP contribution in [0.25, 0.3) is 0 Å². The van der Waals surface area contributed by atoms with Crippen LogP contribution >= 0.6 is 15.9 Å². The second-order valence-electron chi connectivity index (χ2n) is 4.83. The van der Waals surface area contributed by atoms with Crippen LogP contribution in [0.3, 0.4) is 0 Å². The SMILES string of the molecule is CS(=O)(=O)NC1CCCN(C(=O)c2cccc(Br)n2)C1. The van der Waals surface area contributed by atoms with Gasteiger partial charge < -0.3 is 4.90 Å². The molecule has 1 fully saturated rings. The predicted octanol–water partition coefficient (Wildman–Crippen LogP) is 0.998. The van der Waals surface area contributed by atoms with Gasteiger partial charge in [0.05, 0.1) is 6.26 Å². The molecule has 0 aromatic carbocycles. The molecule has 1 atom stereocenters. The Kier molecular flexibility index (Phi) is 4.77. The molecule has 2 heterocycles. The molecule has 20 heavy (non-hydrogen) atoms. The van der Waals surface area contributed by atoms with Gasteiger partial charge in [0.1, 0.15) is 10.3 Å². The number of aromatic nitrogens is 1. The molecule has 0 spiro atoms. The average Bonchev–Trinajstić information content (AvgIpc) is 2.36. The van der Waals surface area contributed by atoms with Gasteiger partial charge in [0.2, 0.25) is 10.0 Å². The van der Waals surface area contributed by atoms with E-state index in [0.29, 0.717) is 23.4 Å². The summed E-state index contributed by atoms with van der Waals surface area (Å²) in [6.45, 7) is 0.995. The molecular formula is C12H16BrN3O3S. The molecule has 1 saturated heterocycles. The molecule has 0 radical (unpaired) electrons. The van der Waals surface area contributed by atoms with E-state index in [1.165, 1.54) is 0 Å². The van der Waals surface area contributed by atoms with Crippen molar-refractivity contribution in [3.63, 3.8) is 0 Å². The van der Waals surface area contributed by atoms with Gasteiger partial charge >= 0.3 is 0 Å². The van der Waals surface area contributed by atoms with Gasteiger partial charge in [-0.3, -0.25) is 4.79 Å². The number of piperidine rings is 1. The summed E-state index contributed by atoms with van der Waals surface area (Å²) in [5.74, 6) is -0.175. The second-order valence-corrected chi connectivity index (χ2v) is 7.42. The van der Waals surface area contributed by atoms with E-state index < -0.39 is 10.0 Å². The van der Waals surface area contributed by atoms with Crippen molar-refractivity contribution in [2.45, 2.75) is 18.9 Å². The summed E-state index contributed by atoms with van der Waals surface area (Å²) in [6.07, 6.45) is 2.64. The molecule has 0 aliphatic carbocycles. The number of likely N-dealkylation sites (tertiary alicyclic amines) is 1. The normalized spacial score (nSPS) is 19.9. The first kappa shape index (κ1) is 15.4. The van der Waals surface area contributed by atoms with Gasteiger partial charge in [0, 0.05) is 19.1 Å². The molecule has 1 aliphatic rings. The largest absolute Gasteiger partial charge is 0.336 e. The molecule has 1 aliphatic heterocycles. The van der Waals surface area contributed by atoms with E-state index in [1.807, 2.05) is 0 Å². The summed E-state index contributed by atoms with van der Waals surface area (Å²) >= 11 is 3.23. The Balaban J connectivity index is 2.07. The van der Waals surface area contributed by atoms with Crippen LogP contribution < -0.4 is 4.72 Å². The number of amides is 1. The number of nitrogens with zero attached hydrogens (tertiary/aromatic N) is 2. The van der Waals surface area contributed by atoms with Gasteiger partial charge in [-0.05, 0) is 40.9 Å². The third-order valence-corrected chi connectivity index (χ3v) is 4.23. The number of pyridine rings is 1. The molecule has 1 aromatic heterocycles. The smallest absolute Gasteiger partial charge is 0.272 e. The summed E-state index contributed by atoms with van der Waals surface area (Å²) in [5, 5.41) is 0. The third kappa shape index (κ3) is 4.26. The number of carbonyl (C=O) groups excluding carboxylic acids is 1. The van der Waals surface area contributed by atoms with Crippen molar-refractivity contribution in [3.05, 3.63) is 28.5 Å². The van der Waals surface area contributed by atoms with E-state index in [1.54, 1.807) is 23.1 Å². The Morgan fingerprint density at radius 2 is 2.25 bits per heavy atom. The first-order chi connectivity index (χ1) is 9.35. The van der Waals surface area contributed by atoms with Crippen LogP contribution in [0.4, 0.5) is 0 Å². The minimum absolute atomic E-state index is 0.175. The predicted molar refractivity (Wildman–Crippen MR) is 78.8 cm³/mol. The maximum Gasteiger partial charge on any atom is 0.272 e. The number of carbonyl (C=O) groups is 1. The second kappa shape index (κ2) is 6.19. The summed E-state index contributed by atoms with van der Waals surface area (Å²) in [6, 6.07) is 4.93. The van der Waals surface area contributed by atoms with Gasteiger partial charge in [-0.25, -0.2) is 18.1 Å². The third-order valence-electron chi connectivity index (χ3n) is 3.02. The average molecular weight is 362 g/mol. The topological polar surface area (TPSA) is 79.4 Å². The van der Waals surface area contributed by atoms with E-state index in [0.717, 1.165) is 19.1 Å². The van der Waals surface area contributed by atoms with Crippen molar-refractivity contribution < 1.29 is 13.2 Å². The van der Waals surface area contributed by atoms with E-state index in [4.69, 9.17) is 0 Å². The first-order valence-electron chi connectivity index (χ1n) is 6.24. The number of sulfonamides is 1. The first-order valence-corrected chi connectivity index (χ1v) is 8.93. The van der Waals surface area contributed by atoms with Gasteiger partial charge in [-0.2, -0.15) is 0 Å². The summed E-state index contributed by atoms with van der Waals surface area (Å²) in [7, 11) is -3.26. The zero-order valence-electron chi connectivity index (χ0n) is 11.0. The van der Waals surface area contributed by atoms with Crippen LogP contribution in [0, 0.1) is 0 Å². The van der Waals surface area contributed by atoms with Crippen LogP contribution in [0.15, 0.2) is 22.8 Å². The maximum atomic E-state index is 12.3. The molecule has 0 saturated carbocycles. The van der Waals surface area contributed by atoms with Crippen molar-refractivity contribution in [1.29, 1.82) is 0 Å². The lowest BCUT2D eigenvalue weighted by molar-refractivity contribution is 0.0697. The molecule has 110 valence electrons. The van der Waals surface area contributed by atoms with E-state index in [2.05, 4.69) is 25.6 Å². The number of hydrogen-bond donors (Lipinski definition) is 1. The highest BCUT2D eigenvalue weighted by molar-refractivity contribution is 9.10. The monoisotopic (exact) mass is 361 g/mol. The van der Waals surface area contributed by atoms with E-state index >= 15 is 0 Å². The van der Waals surface area contributed by atoms with Crippen LogP contribution in [-0.2, 0) is 10.0 Å². The molecule has 1 N–H and O–H groups in total. The highest BCUT2D eigenvalue weighted by Gasteiger charge is 2.26. The lowest BCUT2D eigenvalue weighted by atomic mass is 10.1. The fourth-order valence-electron chi connectivity index (χ4n) is 2.25. The number of halogens is 1. The van der Waals surface area contributed by atoms with Gasteiger partial charge in [-0.1, -0.05) is 6.07 Å². The highest BCUT2D eigenvalue weighted by atomic mass is 79.9. The van der Waals surface area contributed by atoms with Crippen molar-refractivity contribution in [2.75, 3.05) is 19.3 Å². The Hall–Kier alpha value is -0.990. The Morgan fingerprint density at radius 3 is 2.90 bits per heavy atom. The van der Waals surface area contributed by atoms with Crippen molar-refractivity contribution in [1.82, 2.24) is 14.6 Å². The minimum atomic E-state index is -3.26. The lowest BCUT2D eigenvalue weighted by Crippen LogP contribution is -2.49. The molecule has 0 bridgehead atoms. The van der Waals surface area contributed by atoms with Gasteiger partial charge in [0.25, 0.3) is 5.91 Å². The van der Waals surface area contributed by atoms with Gasteiger partial charge in [0.15, 0.2) is 0 Å². The molecule has 1 unspecified atom stereocenters. The Labute approximate surface area is 126 Å². The van der Waals surface area contributed by atoms with E-state index in [9.17, 15) is 13.2 Å². The number of nitrogens with one attached hydrogen (secondary N) is 1. The van der Waals surface area contributed by atoms with Crippen LogP contribution in [-0.4, -0.2) is 49.6 Å². The highest BCUT2D eigenvalue weighted by Crippen LogP contribution is 2.15. The van der Waals surface area contributed by atoms with Crippen molar-refractivity contribution in [2.24, 2.45) is 0 Å². The van der Waals surface area contributed by atoms with Gasteiger partial charge in [-0.15, -0.1) is 0 Å². The van der Waals surface area contributed by atoms with Crippen LogP contribution in [0.5, 0.6) is 0 Å².